The van der Waals surface area contributed by atoms with Gasteiger partial charge < -0.3 is 4.74 Å². The van der Waals surface area contributed by atoms with Gasteiger partial charge in [0.05, 0.1) is 6.42 Å². The van der Waals surface area contributed by atoms with Crippen LogP contribution in [0.4, 0.5) is 0 Å². The topological polar surface area (TPSA) is 26.3 Å². The van der Waals surface area contributed by atoms with Crippen LogP contribution in [0.25, 0.3) is 0 Å². The number of hydrogen-bond acceptors (Lipinski definition) is 2. The minimum atomic E-state index is 0.0272. The number of rotatable bonds is 1. The summed E-state index contributed by atoms with van der Waals surface area (Å²) in [6.07, 6.45) is 3.38. The third-order valence-electron chi connectivity index (χ3n) is 4.06. The summed E-state index contributed by atoms with van der Waals surface area (Å²) in [6.45, 7) is 6.74. The lowest BCUT2D eigenvalue weighted by molar-refractivity contribution is -0.145. The summed E-state index contributed by atoms with van der Waals surface area (Å²) < 4.78 is 5.47. The van der Waals surface area contributed by atoms with E-state index in [1.807, 2.05) is 0 Å². The van der Waals surface area contributed by atoms with E-state index >= 15 is 0 Å². The van der Waals surface area contributed by atoms with Crippen LogP contribution in [0, 0.1) is 23.7 Å². The van der Waals surface area contributed by atoms with E-state index in [1.54, 1.807) is 0 Å². The summed E-state index contributed by atoms with van der Waals surface area (Å²) in [5, 5.41) is 0. The molecular weight excluding hydrogens is 176 g/mol. The van der Waals surface area contributed by atoms with Gasteiger partial charge in [0.1, 0.15) is 6.10 Å². The molecule has 0 unspecified atom stereocenters. The van der Waals surface area contributed by atoms with Gasteiger partial charge in [-0.2, -0.15) is 0 Å². The molecule has 1 heterocycles. The lowest BCUT2D eigenvalue weighted by atomic mass is 9.69. The van der Waals surface area contributed by atoms with Crippen LogP contribution in [-0.4, -0.2) is 12.1 Å². The van der Waals surface area contributed by atoms with E-state index < -0.39 is 0 Å². The average molecular weight is 196 g/mol. The zero-order chi connectivity index (χ0) is 10.3. The summed E-state index contributed by atoms with van der Waals surface area (Å²) in [5.74, 6) is 2.44. The zero-order valence-electron chi connectivity index (χ0n) is 9.32. The molecule has 0 N–H and O–H groups in total. The highest BCUT2D eigenvalue weighted by Crippen LogP contribution is 2.44. The molecule has 1 aliphatic heterocycles. The Bertz CT molecular complexity index is 234. The predicted molar refractivity (Wildman–Crippen MR) is 54.7 cm³/mol. The van der Waals surface area contributed by atoms with Crippen molar-refractivity contribution in [3.63, 3.8) is 0 Å². The van der Waals surface area contributed by atoms with Crippen LogP contribution in [0.5, 0.6) is 0 Å². The van der Waals surface area contributed by atoms with Gasteiger partial charge in [-0.3, -0.25) is 4.79 Å². The molecule has 0 bridgehead atoms. The molecule has 1 saturated heterocycles. The van der Waals surface area contributed by atoms with E-state index in [0.29, 0.717) is 30.1 Å². The van der Waals surface area contributed by atoms with Crippen LogP contribution in [0.15, 0.2) is 0 Å². The molecule has 0 aromatic carbocycles. The van der Waals surface area contributed by atoms with Crippen molar-refractivity contribution in [3.8, 4) is 0 Å². The third kappa shape index (κ3) is 1.55. The van der Waals surface area contributed by atoms with Crippen LogP contribution in [0.2, 0.25) is 0 Å². The van der Waals surface area contributed by atoms with Crippen molar-refractivity contribution in [1.29, 1.82) is 0 Å². The van der Waals surface area contributed by atoms with Crippen molar-refractivity contribution in [3.05, 3.63) is 0 Å². The van der Waals surface area contributed by atoms with Crippen molar-refractivity contribution in [2.75, 3.05) is 0 Å². The van der Waals surface area contributed by atoms with Crippen LogP contribution >= 0.6 is 0 Å². The molecule has 2 rings (SSSR count). The normalized spacial score (nSPS) is 42.4. The standard InChI is InChI=1S/C12H20O2/c1-7(2)9-5-4-8(3)10-6-11(13)14-12(9)10/h7-10,12H,4-6H2,1-3H3/t8-,9+,10+,12-/m1/s1. The zero-order valence-corrected chi connectivity index (χ0v) is 9.32. The Morgan fingerprint density at radius 3 is 2.71 bits per heavy atom. The molecule has 4 atom stereocenters. The number of esters is 1. The largest absolute Gasteiger partial charge is 0.462 e. The van der Waals surface area contributed by atoms with Gasteiger partial charge in [0.25, 0.3) is 0 Å². The lowest BCUT2D eigenvalue weighted by Crippen LogP contribution is -2.37. The minimum Gasteiger partial charge on any atom is -0.462 e. The molecule has 0 amide bonds. The van der Waals surface area contributed by atoms with Crippen LogP contribution in [-0.2, 0) is 9.53 Å². The Morgan fingerprint density at radius 1 is 1.36 bits per heavy atom. The number of hydrogen-bond donors (Lipinski definition) is 0. The molecule has 2 heteroatoms. The molecule has 2 aliphatic rings. The second-order valence-corrected chi connectivity index (χ2v) is 5.28. The van der Waals surface area contributed by atoms with E-state index in [1.165, 1.54) is 12.8 Å². The minimum absolute atomic E-state index is 0.0272. The van der Waals surface area contributed by atoms with Crippen LogP contribution in [0.1, 0.15) is 40.0 Å². The Balaban J connectivity index is 2.14. The SMILES string of the molecule is CC(C)[C@@H]1CC[C@@H](C)[C@@H]2CC(=O)O[C@@H]21. The second kappa shape index (κ2) is 3.56. The molecule has 2 nitrogen and oxygen atoms in total. The Morgan fingerprint density at radius 2 is 2.07 bits per heavy atom. The Hall–Kier alpha value is -0.530. The van der Waals surface area contributed by atoms with Crippen LogP contribution in [0.3, 0.4) is 0 Å². The quantitative estimate of drug-likeness (QED) is 0.603. The van der Waals surface area contributed by atoms with Gasteiger partial charge >= 0.3 is 5.97 Å². The van der Waals surface area contributed by atoms with Gasteiger partial charge in [0, 0.05) is 5.92 Å². The molecule has 0 radical (unpaired) electrons. The fourth-order valence-corrected chi connectivity index (χ4v) is 3.07. The summed E-state index contributed by atoms with van der Waals surface area (Å²) in [7, 11) is 0. The highest BCUT2D eigenvalue weighted by atomic mass is 16.6. The van der Waals surface area contributed by atoms with Gasteiger partial charge in [-0.1, -0.05) is 20.8 Å². The number of ether oxygens (including phenoxy) is 1. The monoisotopic (exact) mass is 196 g/mol. The Labute approximate surface area is 86.0 Å². The first kappa shape index (κ1) is 10.0. The number of carbonyl (C=O) groups excluding carboxylic acids is 1. The van der Waals surface area contributed by atoms with E-state index in [0.717, 1.165) is 0 Å². The number of fused-ring (bicyclic) bond motifs is 1. The van der Waals surface area contributed by atoms with Gasteiger partial charge in [0.2, 0.25) is 0 Å². The summed E-state index contributed by atoms with van der Waals surface area (Å²) in [4.78, 5) is 11.3. The highest BCUT2D eigenvalue weighted by molar-refractivity contribution is 5.72. The van der Waals surface area contributed by atoms with Crippen molar-refractivity contribution in [1.82, 2.24) is 0 Å². The average Bonchev–Trinajstić information content (AvgIpc) is 2.47. The first-order valence-corrected chi connectivity index (χ1v) is 5.79. The van der Waals surface area contributed by atoms with Crippen molar-refractivity contribution < 1.29 is 9.53 Å². The molecule has 14 heavy (non-hydrogen) atoms. The van der Waals surface area contributed by atoms with Crippen molar-refractivity contribution >= 4 is 5.97 Å². The first-order valence-electron chi connectivity index (χ1n) is 5.79. The maximum absolute atomic E-state index is 11.3. The maximum atomic E-state index is 11.3. The van der Waals surface area contributed by atoms with Gasteiger partial charge in [-0.15, -0.1) is 0 Å². The van der Waals surface area contributed by atoms with Gasteiger partial charge in [-0.25, -0.2) is 0 Å². The number of carbonyl (C=O) groups is 1. The summed E-state index contributed by atoms with van der Waals surface area (Å²) >= 11 is 0. The molecule has 1 aliphatic carbocycles. The molecule has 0 spiro atoms. The smallest absolute Gasteiger partial charge is 0.306 e. The fourth-order valence-electron chi connectivity index (χ4n) is 3.07. The highest BCUT2D eigenvalue weighted by Gasteiger charge is 2.46. The molecule has 1 saturated carbocycles. The maximum Gasteiger partial charge on any atom is 0.306 e. The van der Waals surface area contributed by atoms with Gasteiger partial charge in [0.15, 0.2) is 0 Å². The Kier molecular flexibility index (Phi) is 2.54. The van der Waals surface area contributed by atoms with Gasteiger partial charge in [-0.05, 0) is 30.6 Å². The second-order valence-electron chi connectivity index (χ2n) is 5.28. The van der Waals surface area contributed by atoms with E-state index in [2.05, 4.69) is 20.8 Å². The van der Waals surface area contributed by atoms with E-state index in [9.17, 15) is 4.79 Å². The lowest BCUT2D eigenvalue weighted by Gasteiger charge is -2.38. The summed E-state index contributed by atoms with van der Waals surface area (Å²) in [5.41, 5.74) is 0. The first-order chi connectivity index (χ1) is 6.59. The predicted octanol–water partition coefficient (Wildman–Crippen LogP) is 2.62. The third-order valence-corrected chi connectivity index (χ3v) is 4.06. The molecule has 80 valence electrons. The molecule has 0 aromatic rings. The molecular formula is C12H20O2. The molecule has 0 aromatic heterocycles. The molecule has 2 fully saturated rings. The van der Waals surface area contributed by atoms with Crippen LogP contribution < -0.4 is 0 Å². The fraction of sp³-hybridized carbons (Fsp3) is 0.917. The van der Waals surface area contributed by atoms with Crippen molar-refractivity contribution in [2.24, 2.45) is 23.7 Å². The van der Waals surface area contributed by atoms with E-state index in [4.69, 9.17) is 4.74 Å². The summed E-state index contributed by atoms with van der Waals surface area (Å²) in [6, 6.07) is 0. The van der Waals surface area contributed by atoms with E-state index in [-0.39, 0.29) is 12.1 Å². The van der Waals surface area contributed by atoms with Crippen molar-refractivity contribution in [2.45, 2.75) is 46.1 Å².